The number of benzene rings is 3. The molecule has 1 saturated heterocycles. The number of halogens is 3. The number of nitriles is 1. The number of alkyl halides is 3. The Labute approximate surface area is 259 Å². The van der Waals surface area contributed by atoms with Crippen LogP contribution in [-0.4, -0.2) is 53.6 Å². The lowest BCUT2D eigenvalue weighted by atomic mass is 9.93. The van der Waals surface area contributed by atoms with E-state index in [1.807, 2.05) is 31.2 Å². The van der Waals surface area contributed by atoms with E-state index in [4.69, 9.17) is 5.26 Å². The molecule has 3 aromatic carbocycles. The molecular formula is C34H35F3N4O4. The highest BCUT2D eigenvalue weighted by Gasteiger charge is 2.30. The Morgan fingerprint density at radius 1 is 1.04 bits per heavy atom. The van der Waals surface area contributed by atoms with Crippen LogP contribution in [0.1, 0.15) is 70.0 Å². The Morgan fingerprint density at radius 3 is 2.44 bits per heavy atom. The van der Waals surface area contributed by atoms with Crippen molar-refractivity contribution < 1.29 is 32.7 Å². The minimum atomic E-state index is -4.35. The van der Waals surface area contributed by atoms with E-state index in [0.29, 0.717) is 41.8 Å². The number of anilines is 1. The second-order valence-corrected chi connectivity index (χ2v) is 11.2. The molecule has 8 nitrogen and oxygen atoms in total. The summed E-state index contributed by atoms with van der Waals surface area (Å²) < 4.78 is 39.9. The maximum atomic E-state index is 13.3. The topological polar surface area (TPSA) is 123 Å². The standard InChI is InChI=1S/C34H35F3N4O4/c1-22-19-25(24-5-2-6-26(20-24)31(42)39-17-4-16-38)10-13-29(22)30(14-15-34(35,36)37)40-28-11-8-23(9-12-28)32(43)41-18-3-7-27(21-41)33(44)45/h2,5-6,8-13,19-20,27,30,40H,3-4,7,14-15,17-18,21H2,1H3,(H,39,42)(H,44,45)/t27-,30?/m1/s1. The van der Waals surface area contributed by atoms with Gasteiger partial charge in [0.15, 0.2) is 0 Å². The van der Waals surface area contributed by atoms with Crippen LogP contribution in [0.15, 0.2) is 66.7 Å². The molecule has 2 atom stereocenters. The van der Waals surface area contributed by atoms with E-state index in [-0.39, 0.29) is 37.7 Å². The Kier molecular flexibility index (Phi) is 10.8. The van der Waals surface area contributed by atoms with Crippen LogP contribution in [-0.2, 0) is 4.79 Å². The monoisotopic (exact) mass is 620 g/mol. The van der Waals surface area contributed by atoms with Crippen molar-refractivity contribution in [1.29, 1.82) is 5.26 Å². The number of carbonyl (C=O) groups is 3. The molecule has 4 rings (SSSR count). The molecule has 236 valence electrons. The largest absolute Gasteiger partial charge is 0.481 e. The molecule has 0 radical (unpaired) electrons. The van der Waals surface area contributed by atoms with E-state index in [0.717, 1.165) is 16.7 Å². The van der Waals surface area contributed by atoms with E-state index in [1.165, 1.54) is 4.90 Å². The van der Waals surface area contributed by atoms with Crippen LogP contribution in [0.3, 0.4) is 0 Å². The molecule has 1 aliphatic rings. The number of carbonyl (C=O) groups excluding carboxylic acids is 2. The maximum Gasteiger partial charge on any atom is 0.389 e. The number of nitrogens with zero attached hydrogens (tertiary/aromatic N) is 2. The fraction of sp³-hybridized carbons (Fsp3) is 0.353. The summed E-state index contributed by atoms with van der Waals surface area (Å²) in [5.41, 5.74) is 4.35. The van der Waals surface area contributed by atoms with Gasteiger partial charge in [0, 0.05) is 42.9 Å². The second kappa shape index (κ2) is 14.8. The number of rotatable bonds is 11. The van der Waals surface area contributed by atoms with E-state index >= 15 is 0 Å². The predicted molar refractivity (Wildman–Crippen MR) is 164 cm³/mol. The van der Waals surface area contributed by atoms with Crippen LogP contribution in [0.5, 0.6) is 0 Å². The molecule has 0 saturated carbocycles. The average molecular weight is 621 g/mol. The second-order valence-electron chi connectivity index (χ2n) is 11.2. The van der Waals surface area contributed by atoms with Crippen molar-refractivity contribution in [2.45, 2.75) is 51.2 Å². The quantitative estimate of drug-likeness (QED) is 0.204. The van der Waals surface area contributed by atoms with Crippen LogP contribution < -0.4 is 10.6 Å². The van der Waals surface area contributed by atoms with E-state index in [9.17, 15) is 32.7 Å². The third-order valence-corrected chi connectivity index (χ3v) is 7.87. The first-order valence-corrected chi connectivity index (χ1v) is 14.8. The van der Waals surface area contributed by atoms with Gasteiger partial charge in [-0.2, -0.15) is 18.4 Å². The number of aliphatic carboxylic acids is 1. The van der Waals surface area contributed by atoms with Gasteiger partial charge in [0.2, 0.25) is 0 Å². The van der Waals surface area contributed by atoms with E-state index < -0.39 is 30.5 Å². The van der Waals surface area contributed by atoms with Crippen molar-refractivity contribution in [3.8, 4) is 17.2 Å². The SMILES string of the molecule is Cc1cc(-c2cccc(C(=O)NCCC#N)c2)ccc1C(CCC(F)(F)F)Nc1ccc(C(=O)N2CCC[C@@H](C(=O)O)C2)cc1. The summed E-state index contributed by atoms with van der Waals surface area (Å²) in [4.78, 5) is 38.4. The van der Waals surface area contributed by atoms with Gasteiger partial charge in [0.1, 0.15) is 0 Å². The summed E-state index contributed by atoms with van der Waals surface area (Å²) in [5.74, 6) is -2.11. The van der Waals surface area contributed by atoms with Crippen LogP contribution in [0.25, 0.3) is 11.1 Å². The normalized spacial score (nSPS) is 15.5. The summed E-state index contributed by atoms with van der Waals surface area (Å²) in [5, 5.41) is 23.9. The minimum Gasteiger partial charge on any atom is -0.481 e. The van der Waals surface area contributed by atoms with Crippen molar-refractivity contribution >= 4 is 23.5 Å². The fourth-order valence-corrected chi connectivity index (χ4v) is 5.49. The van der Waals surface area contributed by atoms with Crippen LogP contribution in [0, 0.1) is 24.2 Å². The Hall–Kier alpha value is -4.85. The van der Waals surface area contributed by atoms with Gasteiger partial charge in [-0.1, -0.05) is 30.3 Å². The third kappa shape index (κ3) is 9.08. The smallest absolute Gasteiger partial charge is 0.389 e. The summed E-state index contributed by atoms with van der Waals surface area (Å²) in [6, 6.07) is 20.2. The number of piperidine rings is 1. The molecule has 1 fully saturated rings. The zero-order valence-electron chi connectivity index (χ0n) is 24.9. The highest BCUT2D eigenvalue weighted by atomic mass is 19.4. The zero-order chi connectivity index (χ0) is 32.6. The van der Waals surface area contributed by atoms with Crippen molar-refractivity contribution in [3.05, 3.63) is 89.0 Å². The number of hydrogen-bond acceptors (Lipinski definition) is 5. The third-order valence-electron chi connectivity index (χ3n) is 7.87. The van der Waals surface area contributed by atoms with Crippen molar-refractivity contribution in [2.24, 2.45) is 5.92 Å². The first kappa shape index (κ1) is 33.1. The lowest BCUT2D eigenvalue weighted by Gasteiger charge is -2.30. The van der Waals surface area contributed by atoms with Crippen molar-refractivity contribution in [1.82, 2.24) is 10.2 Å². The maximum absolute atomic E-state index is 13.3. The number of hydrogen-bond donors (Lipinski definition) is 3. The first-order chi connectivity index (χ1) is 21.4. The molecule has 0 aliphatic carbocycles. The lowest BCUT2D eigenvalue weighted by molar-refractivity contribution is -0.143. The number of carboxylic acids is 1. The molecule has 0 spiro atoms. The van der Waals surface area contributed by atoms with Crippen molar-refractivity contribution in [3.63, 3.8) is 0 Å². The zero-order valence-corrected chi connectivity index (χ0v) is 24.9. The van der Waals surface area contributed by atoms with Crippen molar-refractivity contribution in [2.75, 3.05) is 25.0 Å². The fourth-order valence-electron chi connectivity index (χ4n) is 5.49. The number of carboxylic acid groups (broad SMARTS) is 1. The first-order valence-electron chi connectivity index (χ1n) is 14.8. The molecular weight excluding hydrogens is 585 g/mol. The van der Waals surface area contributed by atoms with Gasteiger partial charge in [-0.3, -0.25) is 14.4 Å². The molecule has 1 heterocycles. The molecule has 0 bridgehead atoms. The Bertz CT molecular complexity index is 1570. The summed E-state index contributed by atoms with van der Waals surface area (Å²) in [7, 11) is 0. The summed E-state index contributed by atoms with van der Waals surface area (Å²) in [6.45, 7) is 2.68. The number of likely N-dealkylation sites (tertiary alicyclic amines) is 1. The van der Waals surface area contributed by atoms with Gasteiger partial charge < -0.3 is 20.6 Å². The molecule has 45 heavy (non-hydrogen) atoms. The molecule has 1 aliphatic heterocycles. The van der Waals surface area contributed by atoms with E-state index in [2.05, 4.69) is 10.6 Å². The van der Waals surface area contributed by atoms with Crippen LogP contribution in [0.2, 0.25) is 0 Å². The van der Waals surface area contributed by atoms with Crippen LogP contribution in [0.4, 0.5) is 18.9 Å². The van der Waals surface area contributed by atoms with Gasteiger partial charge in [0.25, 0.3) is 11.8 Å². The molecule has 3 N–H and O–H groups in total. The molecule has 0 aromatic heterocycles. The summed E-state index contributed by atoms with van der Waals surface area (Å²) >= 11 is 0. The minimum absolute atomic E-state index is 0.142. The highest BCUT2D eigenvalue weighted by molar-refractivity contribution is 5.96. The van der Waals surface area contributed by atoms with Gasteiger partial charge in [-0.15, -0.1) is 0 Å². The molecule has 3 aromatic rings. The van der Waals surface area contributed by atoms with Gasteiger partial charge in [0.05, 0.1) is 24.4 Å². The van der Waals surface area contributed by atoms with Gasteiger partial charge in [-0.25, -0.2) is 0 Å². The lowest BCUT2D eigenvalue weighted by Crippen LogP contribution is -2.42. The van der Waals surface area contributed by atoms with Gasteiger partial charge >= 0.3 is 12.1 Å². The highest BCUT2D eigenvalue weighted by Crippen LogP contribution is 2.34. The molecule has 1 unspecified atom stereocenters. The van der Waals surface area contributed by atoms with Gasteiger partial charge in [-0.05, 0) is 84.8 Å². The average Bonchev–Trinajstić information content (AvgIpc) is 3.03. The molecule has 11 heteroatoms. The summed E-state index contributed by atoms with van der Waals surface area (Å²) in [6.07, 6.45) is -4.23. The Balaban J connectivity index is 1.52. The van der Waals surface area contributed by atoms with Crippen LogP contribution >= 0.6 is 0 Å². The van der Waals surface area contributed by atoms with E-state index in [1.54, 1.807) is 48.5 Å². The number of amides is 2. The number of nitrogens with one attached hydrogen (secondary N) is 2. The Morgan fingerprint density at radius 2 is 1.78 bits per heavy atom. The number of aryl methyl sites for hydroxylation is 1. The molecule has 2 amide bonds. The predicted octanol–water partition coefficient (Wildman–Crippen LogP) is 6.74.